The Balaban J connectivity index is 1.79. The molecule has 0 saturated heterocycles. The van der Waals surface area contributed by atoms with Crippen molar-refractivity contribution in [1.82, 2.24) is 5.48 Å². The first-order valence-electron chi connectivity index (χ1n) is 7.54. The molecule has 0 aromatic heterocycles. The van der Waals surface area contributed by atoms with Crippen molar-refractivity contribution in [1.29, 1.82) is 0 Å². The minimum absolute atomic E-state index is 0.0285. The minimum atomic E-state index is -0.652. The first-order valence-corrected chi connectivity index (χ1v) is 8.79. The number of amides is 2. The third kappa shape index (κ3) is 3.87. The molecule has 2 aliphatic rings. The van der Waals surface area contributed by atoms with Gasteiger partial charge in [0.05, 0.1) is 4.91 Å². The number of anilines is 1. The van der Waals surface area contributed by atoms with E-state index in [1.54, 1.807) is 24.3 Å². The monoisotopic (exact) mass is 374 g/mol. The van der Waals surface area contributed by atoms with E-state index in [1.165, 1.54) is 29.4 Å². The van der Waals surface area contributed by atoms with E-state index in [9.17, 15) is 9.59 Å². The highest BCUT2D eigenvalue weighted by molar-refractivity contribution is 8.05. The summed E-state index contributed by atoms with van der Waals surface area (Å²) in [5.74, 6) is -0.902. The number of hydroxylamine groups is 1. The second-order valence-corrected chi connectivity index (χ2v) is 7.00. The quantitative estimate of drug-likeness (QED) is 0.428. The van der Waals surface area contributed by atoms with Crippen LogP contribution in [-0.2, 0) is 9.59 Å². The van der Waals surface area contributed by atoms with E-state index >= 15 is 0 Å². The molecule has 0 fully saturated rings. The van der Waals surface area contributed by atoms with Crippen LogP contribution in [0.4, 0.5) is 5.69 Å². The highest BCUT2D eigenvalue weighted by Crippen LogP contribution is 2.46. The molecule has 0 bridgehead atoms. The van der Waals surface area contributed by atoms with Gasteiger partial charge in [0.15, 0.2) is 0 Å². The van der Waals surface area contributed by atoms with Gasteiger partial charge in [-0.25, -0.2) is 5.48 Å². The van der Waals surface area contributed by atoms with Crippen molar-refractivity contribution in [3.63, 3.8) is 0 Å². The van der Waals surface area contributed by atoms with Crippen molar-refractivity contribution in [2.24, 2.45) is 5.92 Å². The second-order valence-electron chi connectivity index (χ2n) is 5.41. The van der Waals surface area contributed by atoms with Crippen LogP contribution in [0.2, 0.25) is 0 Å². The summed E-state index contributed by atoms with van der Waals surface area (Å²) >= 11 is 7.83. The van der Waals surface area contributed by atoms with E-state index in [0.29, 0.717) is 21.2 Å². The molecular formula is C18H15ClN2O3S. The summed E-state index contributed by atoms with van der Waals surface area (Å²) in [6, 6.07) is 7.05. The zero-order valence-corrected chi connectivity index (χ0v) is 14.6. The summed E-state index contributed by atoms with van der Waals surface area (Å²) in [5.41, 5.74) is 2.70. The first-order chi connectivity index (χ1) is 12.1. The number of allylic oxidation sites excluding steroid dienone is 4. The number of para-hydroxylation sites is 1. The van der Waals surface area contributed by atoms with Crippen molar-refractivity contribution >= 4 is 46.9 Å². The smallest absolute Gasteiger partial charge is 0.267 e. The maximum Gasteiger partial charge on any atom is 0.267 e. The van der Waals surface area contributed by atoms with Crippen LogP contribution in [0.3, 0.4) is 0 Å². The van der Waals surface area contributed by atoms with E-state index in [1.807, 2.05) is 24.3 Å². The number of rotatable bonds is 4. The topological polar surface area (TPSA) is 78.4 Å². The summed E-state index contributed by atoms with van der Waals surface area (Å²) in [7, 11) is 0. The third-order valence-corrected chi connectivity index (χ3v) is 5.70. The lowest BCUT2D eigenvalue weighted by Crippen LogP contribution is -2.15. The minimum Gasteiger partial charge on any atom is -0.321 e. The highest BCUT2D eigenvalue weighted by atomic mass is 35.5. The maximum atomic E-state index is 12.6. The van der Waals surface area contributed by atoms with Crippen LogP contribution < -0.4 is 10.8 Å². The van der Waals surface area contributed by atoms with Gasteiger partial charge < -0.3 is 5.32 Å². The molecule has 1 aliphatic heterocycles. The molecule has 128 valence electrons. The van der Waals surface area contributed by atoms with E-state index < -0.39 is 5.91 Å². The maximum absolute atomic E-state index is 12.6. The van der Waals surface area contributed by atoms with Gasteiger partial charge >= 0.3 is 0 Å². The average Bonchev–Trinajstić information content (AvgIpc) is 2.98. The van der Waals surface area contributed by atoms with Gasteiger partial charge in [-0.3, -0.25) is 14.8 Å². The number of hydrogen-bond donors (Lipinski definition) is 3. The summed E-state index contributed by atoms with van der Waals surface area (Å²) < 4.78 is 0. The van der Waals surface area contributed by atoms with Crippen LogP contribution in [0, 0.1) is 5.92 Å². The normalized spacial score (nSPS) is 21.5. The number of halogens is 1. The fourth-order valence-electron chi connectivity index (χ4n) is 2.57. The number of carbonyl (C=O) groups is 2. The summed E-state index contributed by atoms with van der Waals surface area (Å²) in [4.78, 5) is 24.3. The summed E-state index contributed by atoms with van der Waals surface area (Å²) in [5, 5.41) is 12.1. The Hall–Kier alpha value is -2.28. The van der Waals surface area contributed by atoms with Crippen molar-refractivity contribution in [2.45, 2.75) is 5.25 Å². The van der Waals surface area contributed by atoms with Gasteiger partial charge in [0.2, 0.25) is 0 Å². The highest BCUT2D eigenvalue weighted by Gasteiger charge is 2.35. The molecule has 2 unspecified atom stereocenters. The zero-order valence-electron chi connectivity index (χ0n) is 13.0. The summed E-state index contributed by atoms with van der Waals surface area (Å²) in [6.07, 6.45) is 10.6. The van der Waals surface area contributed by atoms with Crippen LogP contribution >= 0.6 is 23.4 Å². The molecule has 0 radical (unpaired) electrons. The molecule has 2 atom stereocenters. The molecule has 2 amide bonds. The average molecular weight is 375 g/mol. The van der Waals surface area contributed by atoms with Crippen molar-refractivity contribution < 1.29 is 14.8 Å². The van der Waals surface area contributed by atoms with Crippen molar-refractivity contribution in [3.05, 3.63) is 70.1 Å². The van der Waals surface area contributed by atoms with Crippen LogP contribution in [0.25, 0.3) is 6.08 Å². The van der Waals surface area contributed by atoms with E-state index in [4.69, 9.17) is 16.8 Å². The molecule has 5 nitrogen and oxygen atoms in total. The molecule has 1 aliphatic carbocycles. The van der Waals surface area contributed by atoms with Crippen LogP contribution in [0.1, 0.15) is 5.56 Å². The first kappa shape index (κ1) is 17.5. The molecule has 1 aromatic carbocycles. The largest absolute Gasteiger partial charge is 0.321 e. The number of fused-ring (bicyclic) bond motifs is 1. The SMILES string of the molecule is O=C(/C=C/c1ccccc1NC(=O)C1=C(Cl)C2C=CC=CC2S1)NO. The van der Waals surface area contributed by atoms with Crippen LogP contribution in [-0.4, -0.2) is 22.3 Å². The van der Waals surface area contributed by atoms with E-state index in [0.717, 1.165) is 0 Å². The van der Waals surface area contributed by atoms with Crippen molar-refractivity contribution in [2.75, 3.05) is 5.32 Å². The Morgan fingerprint density at radius 2 is 1.96 bits per heavy atom. The van der Waals surface area contributed by atoms with Gasteiger partial charge in [-0.15, -0.1) is 11.8 Å². The van der Waals surface area contributed by atoms with Gasteiger partial charge in [-0.1, -0.05) is 54.1 Å². The van der Waals surface area contributed by atoms with Gasteiger partial charge in [0.25, 0.3) is 11.8 Å². The fourth-order valence-corrected chi connectivity index (χ4v) is 4.30. The predicted molar refractivity (Wildman–Crippen MR) is 100 cm³/mol. The van der Waals surface area contributed by atoms with E-state index in [-0.39, 0.29) is 17.1 Å². The molecule has 7 heteroatoms. The molecule has 25 heavy (non-hydrogen) atoms. The lowest BCUT2D eigenvalue weighted by molar-refractivity contribution is -0.124. The number of thioether (sulfide) groups is 1. The fraction of sp³-hybridized carbons (Fsp3) is 0.111. The molecular weight excluding hydrogens is 360 g/mol. The van der Waals surface area contributed by atoms with Crippen LogP contribution in [0.5, 0.6) is 0 Å². The molecule has 1 heterocycles. The Kier molecular flexibility index (Phi) is 5.43. The third-order valence-electron chi connectivity index (χ3n) is 3.79. The molecule has 3 N–H and O–H groups in total. The summed E-state index contributed by atoms with van der Waals surface area (Å²) in [6.45, 7) is 0. The lowest BCUT2D eigenvalue weighted by Gasteiger charge is -2.14. The number of carbonyl (C=O) groups excluding carboxylic acids is 2. The molecule has 0 saturated carbocycles. The van der Waals surface area contributed by atoms with Gasteiger partial charge in [-0.05, 0) is 17.7 Å². The Morgan fingerprint density at radius 3 is 2.72 bits per heavy atom. The number of nitrogens with one attached hydrogen (secondary N) is 2. The van der Waals surface area contributed by atoms with Gasteiger partial charge in [0, 0.05) is 28.0 Å². The predicted octanol–water partition coefficient (Wildman–Crippen LogP) is 3.45. The molecule has 3 rings (SSSR count). The molecule has 0 spiro atoms. The number of benzene rings is 1. The molecule has 1 aromatic rings. The van der Waals surface area contributed by atoms with Crippen LogP contribution in [0.15, 0.2) is 64.6 Å². The van der Waals surface area contributed by atoms with Gasteiger partial charge in [-0.2, -0.15) is 0 Å². The Morgan fingerprint density at radius 1 is 1.20 bits per heavy atom. The van der Waals surface area contributed by atoms with Crippen molar-refractivity contribution in [3.8, 4) is 0 Å². The Bertz CT molecular complexity index is 829. The lowest BCUT2D eigenvalue weighted by atomic mass is 10.00. The standard InChI is InChI=1S/C18H15ClN2O3S/c19-16-12-6-2-4-8-14(12)25-17(16)18(23)20-13-7-3-1-5-11(13)9-10-15(22)21-24/h1-10,12,14,24H,(H,20,23)(H,21,22)/b10-9+. The zero-order chi connectivity index (χ0) is 17.8. The number of hydrogen-bond acceptors (Lipinski definition) is 4. The Labute approximate surface area is 154 Å². The van der Waals surface area contributed by atoms with Gasteiger partial charge in [0.1, 0.15) is 0 Å². The van der Waals surface area contributed by atoms with E-state index in [2.05, 4.69) is 5.32 Å². The second kappa shape index (κ2) is 7.74.